The lowest BCUT2D eigenvalue weighted by Gasteiger charge is -2.20. The monoisotopic (exact) mass is 394 g/mol. The number of rotatable bonds is 5. The van der Waals surface area contributed by atoms with Crippen LogP contribution >= 0.6 is 0 Å². The van der Waals surface area contributed by atoms with E-state index in [2.05, 4.69) is 16.4 Å². The van der Waals surface area contributed by atoms with E-state index in [1.807, 2.05) is 24.3 Å². The molecule has 2 aromatic rings. The van der Waals surface area contributed by atoms with Crippen LogP contribution in [0.15, 0.2) is 36.5 Å². The van der Waals surface area contributed by atoms with Gasteiger partial charge in [0, 0.05) is 50.7 Å². The first-order valence-electron chi connectivity index (χ1n) is 10.2. The molecule has 29 heavy (non-hydrogen) atoms. The number of carbonyl (C=O) groups excluding carboxylic acids is 3. The minimum Gasteiger partial charge on any atom is -0.352 e. The maximum atomic E-state index is 12.6. The molecule has 0 bridgehead atoms. The highest BCUT2D eigenvalue weighted by Crippen LogP contribution is 2.22. The summed E-state index contributed by atoms with van der Waals surface area (Å²) in [4.78, 5) is 44.7. The Kier molecular flexibility index (Phi) is 5.47. The van der Waals surface area contributed by atoms with Crippen molar-refractivity contribution in [2.24, 2.45) is 5.92 Å². The molecule has 2 fully saturated rings. The van der Waals surface area contributed by atoms with Gasteiger partial charge in [0.25, 0.3) is 0 Å². The first-order chi connectivity index (χ1) is 14.0. The Hall–Kier alpha value is -2.96. The van der Waals surface area contributed by atoms with Gasteiger partial charge in [0.1, 0.15) is 5.92 Å². The zero-order valence-electron chi connectivity index (χ0n) is 16.6. The van der Waals surface area contributed by atoms with Crippen LogP contribution in [0.5, 0.6) is 0 Å². The molecule has 1 aromatic carbocycles. The van der Waals surface area contributed by atoms with Gasteiger partial charge in [0.15, 0.2) is 0 Å². The molecule has 2 aliphatic heterocycles. The molecular weight excluding hydrogens is 368 g/mol. The van der Waals surface area contributed by atoms with Crippen LogP contribution in [0.1, 0.15) is 24.8 Å². The summed E-state index contributed by atoms with van der Waals surface area (Å²) in [6, 6.07) is 9.94. The Balaban J connectivity index is 1.26. The van der Waals surface area contributed by atoms with Crippen molar-refractivity contribution in [1.29, 1.82) is 0 Å². The Bertz CT molecular complexity index is 945. The van der Waals surface area contributed by atoms with Crippen LogP contribution in [-0.2, 0) is 20.8 Å². The van der Waals surface area contributed by atoms with Gasteiger partial charge < -0.3 is 15.1 Å². The minimum atomic E-state index is -0.545. The molecule has 152 valence electrons. The van der Waals surface area contributed by atoms with Crippen LogP contribution in [0, 0.1) is 5.92 Å². The van der Waals surface area contributed by atoms with Crippen molar-refractivity contribution in [3.05, 3.63) is 42.1 Å². The zero-order chi connectivity index (χ0) is 20.4. The number of pyridine rings is 1. The van der Waals surface area contributed by atoms with E-state index < -0.39 is 5.92 Å². The molecule has 0 aliphatic carbocycles. The number of nitrogens with one attached hydrogen (secondary N) is 1. The van der Waals surface area contributed by atoms with Crippen LogP contribution in [0.2, 0.25) is 0 Å². The van der Waals surface area contributed by atoms with Crippen molar-refractivity contribution >= 4 is 28.6 Å². The number of hydrogen-bond donors (Lipinski definition) is 1. The SMILES string of the molecule is CN1CCC(C(=O)N2CCC(NC(=O)CCc3ccc4ncccc4c3)C2)C1=O. The second-order valence-corrected chi connectivity index (χ2v) is 7.97. The number of hydrogen-bond acceptors (Lipinski definition) is 4. The Morgan fingerprint density at radius 3 is 2.86 bits per heavy atom. The molecule has 2 aliphatic rings. The summed E-state index contributed by atoms with van der Waals surface area (Å²) in [6.07, 6.45) is 4.15. The number of likely N-dealkylation sites (tertiary alicyclic amines) is 2. The second kappa shape index (κ2) is 8.19. The smallest absolute Gasteiger partial charge is 0.235 e. The molecule has 3 amide bonds. The first kappa shape index (κ1) is 19.4. The van der Waals surface area contributed by atoms with Gasteiger partial charge in [-0.05, 0) is 43.0 Å². The first-order valence-corrected chi connectivity index (χ1v) is 10.2. The third kappa shape index (κ3) is 4.23. The van der Waals surface area contributed by atoms with Crippen LogP contribution in [0.25, 0.3) is 10.9 Å². The Labute approximate surface area is 170 Å². The van der Waals surface area contributed by atoms with E-state index in [4.69, 9.17) is 0 Å². The summed E-state index contributed by atoms with van der Waals surface area (Å²) >= 11 is 0. The third-order valence-electron chi connectivity index (χ3n) is 5.90. The average Bonchev–Trinajstić information content (AvgIpc) is 3.33. The largest absolute Gasteiger partial charge is 0.352 e. The molecule has 3 heterocycles. The van der Waals surface area contributed by atoms with Gasteiger partial charge >= 0.3 is 0 Å². The molecule has 0 saturated carbocycles. The topological polar surface area (TPSA) is 82.6 Å². The van der Waals surface area contributed by atoms with Crippen LogP contribution in [0.3, 0.4) is 0 Å². The fourth-order valence-corrected chi connectivity index (χ4v) is 4.19. The average molecular weight is 394 g/mol. The normalized spacial score (nSPS) is 21.8. The molecule has 0 spiro atoms. The second-order valence-electron chi connectivity index (χ2n) is 7.97. The summed E-state index contributed by atoms with van der Waals surface area (Å²) in [6.45, 7) is 1.71. The molecule has 2 atom stereocenters. The number of aryl methyl sites for hydroxylation is 1. The highest BCUT2D eigenvalue weighted by Gasteiger charge is 2.39. The van der Waals surface area contributed by atoms with E-state index in [-0.39, 0.29) is 23.8 Å². The molecule has 7 heteroatoms. The lowest BCUT2D eigenvalue weighted by Crippen LogP contribution is -2.41. The van der Waals surface area contributed by atoms with Gasteiger partial charge in [-0.3, -0.25) is 19.4 Å². The summed E-state index contributed by atoms with van der Waals surface area (Å²) in [7, 11) is 1.73. The molecule has 2 unspecified atom stereocenters. The number of aromatic nitrogens is 1. The highest BCUT2D eigenvalue weighted by molar-refractivity contribution is 6.01. The predicted molar refractivity (Wildman–Crippen MR) is 109 cm³/mol. The van der Waals surface area contributed by atoms with E-state index in [9.17, 15) is 14.4 Å². The number of benzene rings is 1. The fourth-order valence-electron chi connectivity index (χ4n) is 4.19. The van der Waals surface area contributed by atoms with Crippen molar-refractivity contribution in [1.82, 2.24) is 20.1 Å². The van der Waals surface area contributed by atoms with Crippen molar-refractivity contribution < 1.29 is 14.4 Å². The predicted octanol–water partition coefficient (Wildman–Crippen LogP) is 1.36. The number of carbonyl (C=O) groups is 3. The van der Waals surface area contributed by atoms with Crippen LogP contribution < -0.4 is 5.32 Å². The minimum absolute atomic E-state index is 0.00717. The maximum Gasteiger partial charge on any atom is 0.235 e. The standard InChI is InChI=1S/C22H26N4O3/c1-25-11-9-18(21(25)28)22(29)26-12-8-17(14-26)24-20(27)7-5-15-4-6-19-16(13-15)3-2-10-23-19/h2-4,6,10,13,17-18H,5,7-9,11-12,14H2,1H3,(H,24,27). The van der Waals surface area contributed by atoms with Crippen LogP contribution in [-0.4, -0.2) is 65.2 Å². The van der Waals surface area contributed by atoms with E-state index in [0.29, 0.717) is 38.9 Å². The van der Waals surface area contributed by atoms with Crippen molar-refractivity contribution in [3.8, 4) is 0 Å². The maximum absolute atomic E-state index is 12.6. The number of fused-ring (bicyclic) bond motifs is 1. The number of amides is 3. The van der Waals surface area contributed by atoms with E-state index >= 15 is 0 Å². The lowest BCUT2D eigenvalue weighted by atomic mass is 10.1. The molecule has 0 radical (unpaired) electrons. The quantitative estimate of drug-likeness (QED) is 0.777. The zero-order valence-corrected chi connectivity index (χ0v) is 16.6. The summed E-state index contributed by atoms with van der Waals surface area (Å²) in [5, 5.41) is 4.11. The third-order valence-corrected chi connectivity index (χ3v) is 5.90. The van der Waals surface area contributed by atoms with Crippen molar-refractivity contribution in [2.45, 2.75) is 31.7 Å². The van der Waals surface area contributed by atoms with E-state index in [1.165, 1.54) is 0 Å². The molecule has 1 aromatic heterocycles. The van der Waals surface area contributed by atoms with Crippen molar-refractivity contribution in [3.63, 3.8) is 0 Å². The van der Waals surface area contributed by atoms with Gasteiger partial charge in [-0.25, -0.2) is 0 Å². The molecule has 2 saturated heterocycles. The highest BCUT2D eigenvalue weighted by atomic mass is 16.2. The van der Waals surface area contributed by atoms with Gasteiger partial charge in [-0.1, -0.05) is 12.1 Å². The van der Waals surface area contributed by atoms with Gasteiger partial charge in [-0.2, -0.15) is 0 Å². The summed E-state index contributed by atoms with van der Waals surface area (Å²) in [5.74, 6) is -0.738. The number of nitrogens with zero attached hydrogens (tertiary/aromatic N) is 3. The molecule has 7 nitrogen and oxygen atoms in total. The summed E-state index contributed by atoms with van der Waals surface area (Å²) in [5.41, 5.74) is 2.05. The van der Waals surface area contributed by atoms with Crippen molar-refractivity contribution in [2.75, 3.05) is 26.7 Å². The lowest BCUT2D eigenvalue weighted by molar-refractivity contribution is -0.142. The van der Waals surface area contributed by atoms with Crippen LogP contribution in [0.4, 0.5) is 0 Å². The van der Waals surface area contributed by atoms with Gasteiger partial charge in [-0.15, -0.1) is 0 Å². The summed E-state index contributed by atoms with van der Waals surface area (Å²) < 4.78 is 0. The van der Waals surface area contributed by atoms with Gasteiger partial charge in [0.2, 0.25) is 17.7 Å². The van der Waals surface area contributed by atoms with E-state index in [0.717, 1.165) is 22.9 Å². The molecule has 1 N–H and O–H groups in total. The Morgan fingerprint density at radius 2 is 2.07 bits per heavy atom. The Morgan fingerprint density at radius 1 is 1.21 bits per heavy atom. The molecule has 4 rings (SSSR count). The van der Waals surface area contributed by atoms with E-state index in [1.54, 1.807) is 23.0 Å². The molecular formula is C22H26N4O3. The van der Waals surface area contributed by atoms with Gasteiger partial charge in [0.05, 0.1) is 5.52 Å². The fraction of sp³-hybridized carbons (Fsp3) is 0.455.